The van der Waals surface area contributed by atoms with E-state index in [2.05, 4.69) is 9.97 Å². The van der Waals surface area contributed by atoms with E-state index in [4.69, 9.17) is 10.00 Å². The molecule has 2 rings (SSSR count). The molecule has 0 aliphatic rings. The largest absolute Gasteiger partial charge is 0.480 e. The molecule has 0 fully saturated rings. The van der Waals surface area contributed by atoms with Gasteiger partial charge in [0.1, 0.15) is 11.6 Å². The molecule has 0 spiro atoms. The number of pyridine rings is 2. The van der Waals surface area contributed by atoms with Crippen molar-refractivity contribution in [3.63, 3.8) is 0 Å². The van der Waals surface area contributed by atoms with Gasteiger partial charge in [-0.3, -0.25) is 4.98 Å². The van der Waals surface area contributed by atoms with E-state index in [9.17, 15) is 0 Å². The molecule has 4 nitrogen and oxygen atoms in total. The van der Waals surface area contributed by atoms with Crippen LogP contribution in [0.4, 0.5) is 0 Å². The molecular formula is C10H7N3O. The van der Waals surface area contributed by atoms with Crippen LogP contribution in [0, 0.1) is 11.3 Å². The predicted octanol–water partition coefficient (Wildman–Crippen LogP) is 1.51. The highest BCUT2D eigenvalue weighted by Gasteiger charge is 2.05. The standard InChI is InChI=1S/C10H7N3O/c1-14-10-8(5-11)4-7-2-3-12-6-9(7)13-10/h2-4,6H,1H3. The zero-order valence-electron chi connectivity index (χ0n) is 7.56. The summed E-state index contributed by atoms with van der Waals surface area (Å²) in [7, 11) is 1.49. The van der Waals surface area contributed by atoms with E-state index in [1.807, 2.05) is 12.1 Å². The van der Waals surface area contributed by atoms with Gasteiger partial charge in [0.15, 0.2) is 0 Å². The van der Waals surface area contributed by atoms with Gasteiger partial charge in [-0.25, -0.2) is 4.98 Å². The van der Waals surface area contributed by atoms with E-state index in [1.165, 1.54) is 7.11 Å². The van der Waals surface area contributed by atoms with Gasteiger partial charge < -0.3 is 4.74 Å². The Balaban J connectivity index is 2.77. The molecule has 0 saturated carbocycles. The molecular weight excluding hydrogens is 178 g/mol. The average Bonchev–Trinajstić information content (AvgIpc) is 2.27. The van der Waals surface area contributed by atoms with E-state index in [1.54, 1.807) is 18.5 Å². The lowest BCUT2D eigenvalue weighted by molar-refractivity contribution is 0.398. The monoisotopic (exact) mass is 185 g/mol. The molecule has 0 aliphatic carbocycles. The topological polar surface area (TPSA) is 58.8 Å². The molecule has 0 amide bonds. The Labute approximate surface area is 80.8 Å². The minimum Gasteiger partial charge on any atom is -0.480 e. The molecule has 0 N–H and O–H groups in total. The summed E-state index contributed by atoms with van der Waals surface area (Å²) in [4.78, 5) is 8.10. The second kappa shape index (κ2) is 3.30. The average molecular weight is 185 g/mol. The third kappa shape index (κ3) is 1.25. The SMILES string of the molecule is COc1nc2cnccc2cc1C#N. The molecule has 0 saturated heterocycles. The minimum absolute atomic E-state index is 0.341. The van der Waals surface area contributed by atoms with Gasteiger partial charge in [0.2, 0.25) is 5.88 Å². The molecule has 2 heterocycles. The van der Waals surface area contributed by atoms with E-state index in [0.717, 1.165) is 10.9 Å². The second-order valence-corrected chi connectivity index (χ2v) is 2.73. The molecule has 14 heavy (non-hydrogen) atoms. The molecule has 2 aromatic rings. The Morgan fingerprint density at radius 1 is 1.50 bits per heavy atom. The first-order valence-electron chi connectivity index (χ1n) is 4.04. The van der Waals surface area contributed by atoms with E-state index >= 15 is 0 Å². The van der Waals surface area contributed by atoms with Crippen LogP contribution >= 0.6 is 0 Å². The van der Waals surface area contributed by atoms with Crippen molar-refractivity contribution in [1.82, 2.24) is 9.97 Å². The number of ether oxygens (including phenoxy) is 1. The quantitative estimate of drug-likeness (QED) is 0.675. The summed E-state index contributed by atoms with van der Waals surface area (Å²) >= 11 is 0. The van der Waals surface area contributed by atoms with Crippen LogP contribution in [0.5, 0.6) is 5.88 Å². The lowest BCUT2D eigenvalue weighted by atomic mass is 10.2. The molecule has 0 bridgehead atoms. The first-order chi connectivity index (χ1) is 6.85. The summed E-state index contributed by atoms with van der Waals surface area (Å²) in [6.07, 6.45) is 3.30. The van der Waals surface area contributed by atoms with Crippen molar-refractivity contribution in [2.75, 3.05) is 7.11 Å². The number of nitrogens with zero attached hydrogens (tertiary/aromatic N) is 3. The lowest BCUT2D eigenvalue weighted by Crippen LogP contribution is -1.92. The van der Waals surface area contributed by atoms with Crippen LogP contribution < -0.4 is 4.74 Å². The van der Waals surface area contributed by atoms with Crippen molar-refractivity contribution in [2.45, 2.75) is 0 Å². The normalized spacial score (nSPS) is 9.71. The van der Waals surface area contributed by atoms with E-state index < -0.39 is 0 Å². The van der Waals surface area contributed by atoms with Gasteiger partial charge in [0.25, 0.3) is 0 Å². The first kappa shape index (κ1) is 8.45. The molecule has 2 aromatic heterocycles. The molecule has 68 valence electrons. The third-order valence-corrected chi connectivity index (χ3v) is 1.90. The molecule has 0 aromatic carbocycles. The Morgan fingerprint density at radius 3 is 3.07 bits per heavy atom. The molecule has 0 aliphatic heterocycles. The number of hydrogen-bond acceptors (Lipinski definition) is 4. The minimum atomic E-state index is 0.341. The Morgan fingerprint density at radius 2 is 2.36 bits per heavy atom. The number of methoxy groups -OCH3 is 1. The highest BCUT2D eigenvalue weighted by molar-refractivity contribution is 5.79. The van der Waals surface area contributed by atoms with Crippen molar-refractivity contribution in [3.8, 4) is 11.9 Å². The van der Waals surface area contributed by atoms with Gasteiger partial charge in [0.05, 0.1) is 18.8 Å². The van der Waals surface area contributed by atoms with Gasteiger partial charge in [-0.2, -0.15) is 5.26 Å². The number of nitriles is 1. The Kier molecular flexibility index (Phi) is 1.99. The fourth-order valence-electron chi connectivity index (χ4n) is 1.23. The smallest absolute Gasteiger partial charge is 0.232 e. The Hall–Kier alpha value is -2.15. The van der Waals surface area contributed by atoms with Crippen LogP contribution in [-0.2, 0) is 0 Å². The summed E-state index contributed by atoms with van der Waals surface area (Å²) < 4.78 is 4.98. The highest BCUT2D eigenvalue weighted by Crippen LogP contribution is 2.20. The lowest BCUT2D eigenvalue weighted by Gasteiger charge is -2.02. The highest BCUT2D eigenvalue weighted by atomic mass is 16.5. The maximum atomic E-state index is 8.82. The third-order valence-electron chi connectivity index (χ3n) is 1.90. The van der Waals surface area contributed by atoms with E-state index in [0.29, 0.717) is 11.4 Å². The van der Waals surface area contributed by atoms with Crippen molar-refractivity contribution in [3.05, 3.63) is 30.1 Å². The zero-order chi connectivity index (χ0) is 9.97. The number of fused-ring (bicyclic) bond motifs is 1. The molecule has 0 radical (unpaired) electrons. The number of aromatic nitrogens is 2. The van der Waals surface area contributed by atoms with Crippen LogP contribution in [0.1, 0.15) is 5.56 Å². The van der Waals surface area contributed by atoms with Crippen molar-refractivity contribution >= 4 is 10.9 Å². The number of rotatable bonds is 1. The molecule has 0 unspecified atom stereocenters. The van der Waals surface area contributed by atoms with Gasteiger partial charge in [-0.1, -0.05) is 0 Å². The predicted molar refractivity (Wildman–Crippen MR) is 50.8 cm³/mol. The van der Waals surface area contributed by atoms with Gasteiger partial charge >= 0.3 is 0 Å². The van der Waals surface area contributed by atoms with Crippen LogP contribution in [0.15, 0.2) is 24.5 Å². The zero-order valence-corrected chi connectivity index (χ0v) is 7.56. The molecule has 4 heteroatoms. The summed E-state index contributed by atoms with van der Waals surface area (Å²) in [5.41, 5.74) is 1.16. The van der Waals surface area contributed by atoms with Gasteiger partial charge in [0, 0.05) is 11.6 Å². The maximum Gasteiger partial charge on any atom is 0.232 e. The Bertz CT molecular complexity index is 516. The van der Waals surface area contributed by atoms with Crippen molar-refractivity contribution < 1.29 is 4.74 Å². The van der Waals surface area contributed by atoms with Crippen LogP contribution in [0.3, 0.4) is 0 Å². The summed E-state index contributed by atoms with van der Waals surface area (Å²) in [5, 5.41) is 9.71. The first-order valence-corrected chi connectivity index (χ1v) is 4.04. The summed E-state index contributed by atoms with van der Waals surface area (Å²) in [5.74, 6) is 0.341. The van der Waals surface area contributed by atoms with Crippen molar-refractivity contribution in [2.24, 2.45) is 0 Å². The summed E-state index contributed by atoms with van der Waals surface area (Å²) in [6.45, 7) is 0. The fourth-order valence-corrected chi connectivity index (χ4v) is 1.23. The van der Waals surface area contributed by atoms with E-state index in [-0.39, 0.29) is 0 Å². The second-order valence-electron chi connectivity index (χ2n) is 2.73. The van der Waals surface area contributed by atoms with Gasteiger partial charge in [-0.05, 0) is 12.1 Å². The summed E-state index contributed by atoms with van der Waals surface area (Å²) in [6, 6.07) is 5.58. The van der Waals surface area contributed by atoms with Crippen LogP contribution in [-0.4, -0.2) is 17.1 Å². The van der Waals surface area contributed by atoms with Gasteiger partial charge in [-0.15, -0.1) is 0 Å². The van der Waals surface area contributed by atoms with Crippen molar-refractivity contribution in [1.29, 1.82) is 5.26 Å². The number of hydrogen-bond donors (Lipinski definition) is 0. The van der Waals surface area contributed by atoms with Crippen LogP contribution in [0.25, 0.3) is 10.9 Å². The maximum absolute atomic E-state index is 8.82. The van der Waals surface area contributed by atoms with Crippen LogP contribution in [0.2, 0.25) is 0 Å². The molecule has 0 atom stereocenters. The fraction of sp³-hybridized carbons (Fsp3) is 0.100.